The second-order valence-electron chi connectivity index (χ2n) is 6.41. The van der Waals surface area contributed by atoms with Crippen LogP contribution in [0.25, 0.3) is 9.65 Å². The number of rotatable bonds is 6. The van der Waals surface area contributed by atoms with Crippen LogP contribution < -0.4 is 10.2 Å². The molecule has 1 fully saturated rings. The molecular formula is C20H22N4O3SSe. The summed E-state index contributed by atoms with van der Waals surface area (Å²) >= 11 is 1.51. The Bertz CT molecular complexity index is 1020. The van der Waals surface area contributed by atoms with Gasteiger partial charge in [-0.15, -0.1) is 0 Å². The van der Waals surface area contributed by atoms with E-state index >= 15 is 0 Å². The van der Waals surface area contributed by atoms with Crippen LogP contribution in [0.1, 0.15) is 16.2 Å². The number of benzene rings is 1. The summed E-state index contributed by atoms with van der Waals surface area (Å²) < 4.78 is 12.5. The predicted octanol–water partition coefficient (Wildman–Crippen LogP) is 3.17. The molecule has 1 saturated heterocycles. The number of morpholine rings is 1. The number of carbonyl (C=O) groups is 1. The van der Waals surface area contributed by atoms with Crippen molar-refractivity contribution in [2.45, 2.75) is 12.1 Å². The van der Waals surface area contributed by atoms with Gasteiger partial charge in [-0.1, -0.05) is 0 Å². The van der Waals surface area contributed by atoms with E-state index in [9.17, 15) is 4.79 Å². The maximum atomic E-state index is 12.0. The third-order valence-electron chi connectivity index (χ3n) is 4.48. The molecule has 0 aliphatic carbocycles. The zero-order valence-corrected chi connectivity index (χ0v) is 18.8. The number of ether oxygens (including phenoxy) is 2. The van der Waals surface area contributed by atoms with Crippen LogP contribution in [0.2, 0.25) is 0 Å². The van der Waals surface area contributed by atoms with E-state index in [1.165, 1.54) is 16.0 Å². The van der Waals surface area contributed by atoms with E-state index in [2.05, 4.69) is 32.3 Å². The van der Waals surface area contributed by atoms with Crippen LogP contribution in [0.5, 0.6) is 0 Å². The first-order chi connectivity index (χ1) is 14.2. The summed E-state index contributed by atoms with van der Waals surface area (Å²) in [7, 11) is 0. The van der Waals surface area contributed by atoms with Crippen LogP contribution in [-0.2, 0) is 9.47 Å². The van der Waals surface area contributed by atoms with Gasteiger partial charge in [-0.3, -0.25) is 0 Å². The zero-order chi connectivity index (χ0) is 20.2. The molecule has 0 radical (unpaired) electrons. The van der Waals surface area contributed by atoms with Crippen molar-refractivity contribution >= 4 is 59.2 Å². The van der Waals surface area contributed by atoms with Gasteiger partial charge < -0.3 is 0 Å². The Balaban J connectivity index is 1.59. The van der Waals surface area contributed by atoms with Crippen LogP contribution in [0.15, 0.2) is 35.5 Å². The summed E-state index contributed by atoms with van der Waals surface area (Å²) in [6, 6.07) is 10.1. The molecule has 0 amide bonds. The first-order valence-corrected chi connectivity index (χ1v) is 12.3. The van der Waals surface area contributed by atoms with Crippen LogP contribution in [0.3, 0.4) is 0 Å². The minimum atomic E-state index is -0.214. The fourth-order valence-corrected chi connectivity index (χ4v) is 5.43. The molecule has 2 aromatic heterocycles. The van der Waals surface area contributed by atoms with Gasteiger partial charge in [0.05, 0.1) is 0 Å². The van der Waals surface area contributed by atoms with E-state index in [1.807, 2.05) is 31.4 Å². The third-order valence-corrected chi connectivity index (χ3v) is 7.32. The second kappa shape index (κ2) is 9.17. The molecule has 1 aromatic carbocycles. The maximum absolute atomic E-state index is 12.0. The monoisotopic (exact) mass is 478 g/mol. The Hall–Kier alpha value is -2.06. The Kier molecular flexibility index (Phi) is 6.40. The van der Waals surface area contributed by atoms with E-state index in [4.69, 9.17) is 9.47 Å². The summed E-state index contributed by atoms with van der Waals surface area (Å²) in [4.78, 5) is 23.5. The second-order valence-corrected chi connectivity index (χ2v) is 9.45. The van der Waals surface area contributed by atoms with E-state index in [0.717, 1.165) is 45.4 Å². The molecule has 3 heterocycles. The average molecular weight is 477 g/mol. The number of fused-ring (bicyclic) bond motifs is 1. The van der Waals surface area contributed by atoms with Crippen molar-refractivity contribution in [2.75, 3.05) is 49.4 Å². The van der Waals surface area contributed by atoms with Gasteiger partial charge in [0.2, 0.25) is 0 Å². The van der Waals surface area contributed by atoms with Gasteiger partial charge >= 0.3 is 180 Å². The fourth-order valence-electron chi connectivity index (χ4n) is 3.09. The quantitative estimate of drug-likeness (QED) is 0.251. The van der Waals surface area contributed by atoms with E-state index < -0.39 is 0 Å². The Labute approximate surface area is 179 Å². The molecule has 0 saturated carbocycles. The molecular weight excluding hydrogens is 455 g/mol. The molecule has 0 atom stereocenters. The number of esters is 1. The molecule has 9 heteroatoms. The average Bonchev–Trinajstić information content (AvgIpc) is 3.18. The molecule has 152 valence electrons. The summed E-state index contributed by atoms with van der Waals surface area (Å²) in [5, 5.41) is 5.18. The molecule has 1 aliphatic heterocycles. The van der Waals surface area contributed by atoms with Gasteiger partial charge in [0.1, 0.15) is 0 Å². The number of nitrogens with one attached hydrogen (secondary N) is 1. The zero-order valence-electron chi connectivity index (χ0n) is 16.3. The van der Waals surface area contributed by atoms with E-state index in [0.29, 0.717) is 19.8 Å². The molecule has 4 rings (SSSR count). The van der Waals surface area contributed by atoms with E-state index in [1.54, 1.807) is 0 Å². The van der Waals surface area contributed by atoms with Crippen molar-refractivity contribution in [3.63, 3.8) is 0 Å². The van der Waals surface area contributed by atoms with Gasteiger partial charge in [0.15, 0.2) is 0 Å². The number of hydrogen-bond acceptors (Lipinski definition) is 8. The van der Waals surface area contributed by atoms with E-state index in [-0.39, 0.29) is 20.5 Å². The van der Waals surface area contributed by atoms with Crippen molar-refractivity contribution in [1.29, 1.82) is 0 Å². The van der Waals surface area contributed by atoms with Gasteiger partial charge in [-0.2, -0.15) is 0 Å². The number of aromatic nitrogens is 2. The molecule has 3 aromatic rings. The topological polar surface area (TPSA) is 76.6 Å². The number of carbonyl (C=O) groups excluding carboxylic acids is 1. The Morgan fingerprint density at radius 3 is 2.86 bits per heavy atom. The SMILES string of the molecule is CCOC(=O)c1cc2cc(Nc3cc(N4CCOCC4)nc(SC)n3)ccc2[se]1. The minimum absolute atomic E-state index is 0.00937. The van der Waals surface area contributed by atoms with Crippen molar-refractivity contribution in [1.82, 2.24) is 9.97 Å². The number of anilines is 3. The van der Waals surface area contributed by atoms with Gasteiger partial charge in [0.25, 0.3) is 0 Å². The van der Waals surface area contributed by atoms with Gasteiger partial charge in [-0.25, -0.2) is 0 Å². The van der Waals surface area contributed by atoms with Crippen LogP contribution in [0.4, 0.5) is 17.3 Å². The Morgan fingerprint density at radius 2 is 2.10 bits per heavy atom. The molecule has 1 N–H and O–H groups in total. The first-order valence-electron chi connectivity index (χ1n) is 9.40. The summed E-state index contributed by atoms with van der Waals surface area (Å²) in [5.41, 5.74) is 0.930. The fraction of sp³-hybridized carbons (Fsp3) is 0.350. The standard InChI is InChI=1S/C20H22N4O3SSe/c1-3-27-19(25)16-11-13-10-14(4-5-15(13)29-16)21-17-12-18(23-20(22-17)28-2)24-6-8-26-9-7-24/h4-5,10-12H,3,6-9H2,1-2H3,(H,21,22,23). The van der Waals surface area contributed by atoms with Gasteiger partial charge in [-0.05, 0) is 0 Å². The molecule has 0 spiro atoms. The van der Waals surface area contributed by atoms with Crippen molar-refractivity contribution in [2.24, 2.45) is 0 Å². The van der Waals surface area contributed by atoms with Crippen LogP contribution in [0, 0.1) is 0 Å². The first kappa shape index (κ1) is 20.2. The summed E-state index contributed by atoms with van der Waals surface area (Å²) in [6.45, 7) is 5.29. The normalized spacial score (nSPS) is 14.2. The molecule has 29 heavy (non-hydrogen) atoms. The molecule has 7 nitrogen and oxygen atoms in total. The predicted molar refractivity (Wildman–Crippen MR) is 117 cm³/mol. The van der Waals surface area contributed by atoms with Crippen LogP contribution in [-0.4, -0.2) is 69.6 Å². The third kappa shape index (κ3) is 4.75. The molecule has 0 unspecified atom stereocenters. The van der Waals surface area contributed by atoms with Crippen molar-refractivity contribution in [3.05, 3.63) is 34.8 Å². The number of nitrogens with zero attached hydrogens (tertiary/aromatic N) is 3. The number of hydrogen-bond donors (Lipinski definition) is 1. The number of thioether (sulfide) groups is 1. The summed E-state index contributed by atoms with van der Waals surface area (Å²) in [6.07, 6.45) is 1.97. The summed E-state index contributed by atoms with van der Waals surface area (Å²) in [5.74, 6) is 1.45. The molecule has 0 bridgehead atoms. The van der Waals surface area contributed by atoms with Crippen molar-refractivity contribution < 1.29 is 14.3 Å². The van der Waals surface area contributed by atoms with Gasteiger partial charge in [0, 0.05) is 0 Å². The van der Waals surface area contributed by atoms with Crippen LogP contribution >= 0.6 is 11.8 Å². The Morgan fingerprint density at radius 1 is 1.28 bits per heavy atom. The molecule has 1 aliphatic rings. The van der Waals surface area contributed by atoms with Crippen molar-refractivity contribution in [3.8, 4) is 0 Å².